The third kappa shape index (κ3) is 1.69. The molecular weight excluding hydrogens is 240 g/mol. The molecule has 0 aromatic heterocycles. The van der Waals surface area contributed by atoms with Gasteiger partial charge in [-0.3, -0.25) is 21.1 Å². The maximum atomic E-state index is 13.5. The molecule has 0 radical (unpaired) electrons. The predicted molar refractivity (Wildman–Crippen MR) is 63.9 cm³/mol. The summed E-state index contributed by atoms with van der Waals surface area (Å²) in [5, 5.41) is 4.06. The summed E-state index contributed by atoms with van der Waals surface area (Å²) in [6.07, 6.45) is 5.71. The number of hydrazone groups is 1. The molecule has 0 aromatic carbocycles. The highest BCUT2D eigenvalue weighted by Crippen LogP contribution is 2.42. The van der Waals surface area contributed by atoms with Crippen LogP contribution in [-0.4, -0.2) is 28.7 Å². The molecule has 0 aromatic rings. The van der Waals surface area contributed by atoms with Crippen LogP contribution in [0.3, 0.4) is 0 Å². The number of hydrogen-bond donors (Lipinski definition) is 2. The van der Waals surface area contributed by atoms with Crippen molar-refractivity contribution in [3.05, 3.63) is 12.4 Å². The van der Waals surface area contributed by atoms with Gasteiger partial charge in [-0.2, -0.15) is 5.10 Å². The average Bonchev–Trinajstić information content (AvgIpc) is 2.68. The van der Waals surface area contributed by atoms with Gasteiger partial charge in [-0.05, 0) is 12.8 Å². The molecule has 1 saturated carbocycles. The average molecular weight is 255 g/mol. The predicted octanol–water partition coefficient (Wildman–Crippen LogP) is 1.20. The lowest BCUT2D eigenvalue weighted by Gasteiger charge is -2.43. The third-order valence-corrected chi connectivity index (χ3v) is 3.75. The van der Waals surface area contributed by atoms with Gasteiger partial charge in [0.25, 0.3) is 0 Å². The maximum absolute atomic E-state index is 13.5. The molecule has 2 unspecified atom stereocenters. The van der Waals surface area contributed by atoms with E-state index in [2.05, 4.69) is 15.5 Å². The monoisotopic (exact) mass is 255 g/mol. The van der Waals surface area contributed by atoms with Crippen molar-refractivity contribution in [2.75, 3.05) is 0 Å². The van der Waals surface area contributed by atoms with Crippen LogP contribution in [0.2, 0.25) is 0 Å². The van der Waals surface area contributed by atoms with E-state index >= 15 is 0 Å². The summed E-state index contributed by atoms with van der Waals surface area (Å²) in [5.41, 5.74) is 9.06. The second-order valence-electron chi connectivity index (χ2n) is 5.00. The zero-order valence-electron chi connectivity index (χ0n) is 9.81. The Hall–Kier alpha value is -1.50. The number of nitrogens with zero attached hydrogens (tertiary/aromatic N) is 3. The van der Waals surface area contributed by atoms with E-state index in [4.69, 9.17) is 5.73 Å². The van der Waals surface area contributed by atoms with Crippen LogP contribution < -0.4 is 11.2 Å². The molecule has 3 rings (SSSR count). The van der Waals surface area contributed by atoms with Gasteiger partial charge in [0.2, 0.25) is 5.92 Å². The fraction of sp³-hybridized carbons (Fsp3) is 0.636. The molecule has 0 saturated heterocycles. The van der Waals surface area contributed by atoms with Crippen LogP contribution in [0.25, 0.3) is 0 Å². The van der Waals surface area contributed by atoms with Crippen LogP contribution in [0.1, 0.15) is 25.7 Å². The van der Waals surface area contributed by atoms with E-state index in [9.17, 15) is 8.78 Å². The third-order valence-electron chi connectivity index (χ3n) is 3.75. The van der Waals surface area contributed by atoms with Crippen molar-refractivity contribution in [3.8, 4) is 0 Å². The molecule has 0 spiro atoms. The first-order chi connectivity index (χ1) is 8.51. The summed E-state index contributed by atoms with van der Waals surface area (Å²) in [6, 6.07) is 0. The van der Waals surface area contributed by atoms with E-state index in [0.717, 1.165) is 0 Å². The van der Waals surface area contributed by atoms with Crippen molar-refractivity contribution < 1.29 is 8.78 Å². The lowest BCUT2D eigenvalue weighted by molar-refractivity contribution is -0.0794. The van der Waals surface area contributed by atoms with Crippen LogP contribution in [-0.2, 0) is 0 Å². The molecule has 2 atom stereocenters. The Balaban J connectivity index is 1.84. The van der Waals surface area contributed by atoms with Gasteiger partial charge >= 0.3 is 0 Å². The zero-order chi connectivity index (χ0) is 12.8. The molecule has 18 heavy (non-hydrogen) atoms. The normalized spacial score (nSPS) is 37.2. The first kappa shape index (κ1) is 11.6. The summed E-state index contributed by atoms with van der Waals surface area (Å²) in [7, 11) is 0. The largest absolute Gasteiger partial charge is 0.291 e. The molecule has 1 fully saturated rings. The number of halogens is 2. The second-order valence-corrected chi connectivity index (χ2v) is 5.00. The first-order valence-corrected chi connectivity index (χ1v) is 6.02. The second kappa shape index (κ2) is 3.74. The molecule has 5 nitrogen and oxygen atoms in total. The number of aliphatic imine (C=N–C) groups is 1. The van der Waals surface area contributed by atoms with E-state index in [1.54, 1.807) is 23.5 Å². The minimum absolute atomic E-state index is 0.0510. The topological polar surface area (TPSA) is 66.0 Å². The van der Waals surface area contributed by atoms with E-state index in [-0.39, 0.29) is 18.8 Å². The molecule has 7 heteroatoms. The Morgan fingerprint density at radius 2 is 2.33 bits per heavy atom. The van der Waals surface area contributed by atoms with Gasteiger partial charge in [0.15, 0.2) is 11.6 Å². The number of rotatable bonds is 1. The van der Waals surface area contributed by atoms with Crippen LogP contribution in [0.15, 0.2) is 22.5 Å². The molecule has 98 valence electrons. The Kier molecular flexibility index (Phi) is 2.41. The van der Waals surface area contributed by atoms with Crippen molar-refractivity contribution in [1.82, 2.24) is 10.3 Å². The zero-order valence-corrected chi connectivity index (χ0v) is 9.81. The van der Waals surface area contributed by atoms with Crippen LogP contribution in [0.5, 0.6) is 0 Å². The van der Waals surface area contributed by atoms with Crippen molar-refractivity contribution in [1.29, 1.82) is 0 Å². The van der Waals surface area contributed by atoms with E-state index in [1.165, 1.54) is 0 Å². The lowest BCUT2D eigenvalue weighted by atomic mass is 9.81. The Labute approximate surface area is 103 Å². The van der Waals surface area contributed by atoms with E-state index < -0.39 is 11.7 Å². The summed E-state index contributed by atoms with van der Waals surface area (Å²) in [6.45, 7) is 0. The highest BCUT2D eigenvalue weighted by Gasteiger charge is 2.50. The fourth-order valence-corrected chi connectivity index (χ4v) is 2.79. The summed E-state index contributed by atoms with van der Waals surface area (Å²) in [5.74, 6) is -3.48. The van der Waals surface area contributed by atoms with Crippen LogP contribution in [0.4, 0.5) is 8.78 Å². The molecule has 3 N–H and O–H groups in total. The van der Waals surface area contributed by atoms with E-state index in [0.29, 0.717) is 18.7 Å². The number of hydrogen-bond acceptors (Lipinski definition) is 5. The minimum Gasteiger partial charge on any atom is -0.291 e. The van der Waals surface area contributed by atoms with Crippen molar-refractivity contribution >= 4 is 12.1 Å². The van der Waals surface area contributed by atoms with Crippen molar-refractivity contribution in [3.63, 3.8) is 0 Å². The van der Waals surface area contributed by atoms with Gasteiger partial charge in [0.1, 0.15) is 0 Å². The van der Waals surface area contributed by atoms with Gasteiger partial charge in [0.05, 0.1) is 6.21 Å². The van der Waals surface area contributed by atoms with Crippen molar-refractivity contribution in [2.45, 2.75) is 37.4 Å². The van der Waals surface area contributed by atoms with Crippen molar-refractivity contribution in [2.24, 2.45) is 21.7 Å². The molecule has 0 bridgehead atoms. The molecule has 1 aliphatic carbocycles. The maximum Gasteiger partial charge on any atom is 0.248 e. The smallest absolute Gasteiger partial charge is 0.248 e. The Morgan fingerprint density at radius 1 is 1.50 bits per heavy atom. The lowest BCUT2D eigenvalue weighted by Crippen LogP contribution is -2.65. The summed E-state index contributed by atoms with van der Waals surface area (Å²) in [4.78, 5) is 5.62. The standard InChI is InChI=1S/C11H15F2N5/c12-10(13)3-1-2-8(6-10)11(14)17-16-9-7-15-4-5-18(9)11/h4-5,7-8,17H,1-3,6,14H2. The summed E-state index contributed by atoms with van der Waals surface area (Å²) < 4.78 is 27.0. The van der Waals surface area contributed by atoms with Crippen LogP contribution >= 0.6 is 0 Å². The quantitative estimate of drug-likeness (QED) is 0.740. The number of amidine groups is 1. The number of fused-ring (bicyclic) bond motifs is 1. The van der Waals surface area contributed by atoms with Gasteiger partial charge in [-0.1, -0.05) is 0 Å². The number of alkyl halides is 2. The molecular formula is C11H15F2N5. The fourth-order valence-electron chi connectivity index (χ4n) is 2.79. The SMILES string of the molecule is NC1(C2CCCC(F)(F)C2)NN=C2C=NC=CN21. The molecule has 3 aliphatic rings. The van der Waals surface area contributed by atoms with Gasteiger partial charge in [-0.15, -0.1) is 0 Å². The first-order valence-electron chi connectivity index (χ1n) is 6.02. The number of nitrogens with one attached hydrogen (secondary N) is 1. The van der Waals surface area contributed by atoms with Gasteiger partial charge in [-0.25, -0.2) is 8.78 Å². The highest BCUT2D eigenvalue weighted by atomic mass is 19.3. The summed E-state index contributed by atoms with van der Waals surface area (Å²) >= 11 is 0. The Morgan fingerprint density at radius 3 is 3.11 bits per heavy atom. The Bertz CT molecular complexity index is 445. The minimum atomic E-state index is -2.63. The molecule has 2 aliphatic heterocycles. The molecule has 2 heterocycles. The highest BCUT2D eigenvalue weighted by molar-refractivity contribution is 6.30. The van der Waals surface area contributed by atoms with Gasteiger partial charge < -0.3 is 0 Å². The van der Waals surface area contributed by atoms with Crippen LogP contribution in [0, 0.1) is 5.92 Å². The van der Waals surface area contributed by atoms with E-state index in [1.807, 2.05) is 0 Å². The van der Waals surface area contributed by atoms with Gasteiger partial charge in [0, 0.05) is 31.2 Å². The number of nitrogens with two attached hydrogens (primary N) is 1. The molecule has 0 amide bonds.